The molecule has 1 aromatic heterocycles. The normalized spacial score (nSPS) is 14.6. The number of halogens is 2. The van der Waals surface area contributed by atoms with Crippen molar-refractivity contribution in [1.82, 2.24) is 4.98 Å². The van der Waals surface area contributed by atoms with Crippen LogP contribution in [0.15, 0.2) is 34.8 Å². The van der Waals surface area contributed by atoms with Crippen LogP contribution in [0.5, 0.6) is 11.5 Å². The van der Waals surface area contributed by atoms with Crippen LogP contribution in [-0.2, 0) is 4.79 Å². The van der Waals surface area contributed by atoms with Crippen LogP contribution in [0.4, 0.5) is 10.8 Å². The van der Waals surface area contributed by atoms with Crippen LogP contribution in [0.2, 0.25) is 5.02 Å². The molecule has 0 bridgehead atoms. The minimum Gasteiger partial charge on any atom is -0.495 e. The quantitative estimate of drug-likeness (QED) is 0.430. The molecule has 164 valence electrons. The molecule has 1 saturated heterocycles. The number of piperidine rings is 1. The monoisotopic (exact) mass is 523 g/mol. The van der Waals surface area contributed by atoms with Gasteiger partial charge < -0.3 is 19.7 Å². The molecule has 0 aliphatic carbocycles. The Morgan fingerprint density at radius 2 is 2.06 bits per heavy atom. The van der Waals surface area contributed by atoms with Gasteiger partial charge in [0.1, 0.15) is 11.5 Å². The average Bonchev–Trinajstić information content (AvgIpc) is 3.17. The summed E-state index contributed by atoms with van der Waals surface area (Å²) >= 11 is 11.3. The van der Waals surface area contributed by atoms with Gasteiger partial charge in [-0.1, -0.05) is 22.9 Å². The number of aromatic nitrogens is 1. The predicted octanol–water partition coefficient (Wildman–Crippen LogP) is 5.97. The fraction of sp³-hybridized carbons (Fsp3) is 0.364. The van der Waals surface area contributed by atoms with Gasteiger partial charge in [0.05, 0.1) is 34.1 Å². The Labute approximate surface area is 198 Å². The lowest BCUT2D eigenvalue weighted by molar-refractivity contribution is -0.120. The minimum absolute atomic E-state index is 0.00481. The van der Waals surface area contributed by atoms with E-state index < -0.39 is 0 Å². The van der Waals surface area contributed by atoms with Crippen molar-refractivity contribution in [3.05, 3.63) is 39.8 Å². The van der Waals surface area contributed by atoms with Gasteiger partial charge in [0, 0.05) is 30.1 Å². The third kappa shape index (κ3) is 4.91. The molecule has 31 heavy (non-hydrogen) atoms. The van der Waals surface area contributed by atoms with E-state index in [1.165, 1.54) is 0 Å². The number of ether oxygens (including phenoxy) is 2. The summed E-state index contributed by atoms with van der Waals surface area (Å²) in [5.74, 6) is 1.36. The lowest BCUT2D eigenvalue weighted by atomic mass is 9.96. The van der Waals surface area contributed by atoms with E-state index in [4.69, 9.17) is 26.1 Å². The van der Waals surface area contributed by atoms with Crippen LogP contribution in [0.1, 0.15) is 19.8 Å². The number of nitrogens with zero attached hydrogens (tertiary/aromatic N) is 2. The number of amides is 1. The second-order valence-corrected chi connectivity index (χ2v) is 9.57. The lowest BCUT2D eigenvalue weighted by Crippen LogP contribution is -2.38. The number of carbonyl (C=O) groups is 1. The largest absolute Gasteiger partial charge is 0.495 e. The van der Waals surface area contributed by atoms with Gasteiger partial charge in [-0.25, -0.2) is 4.98 Å². The standard InChI is InChI=1S/C22H23BrClN3O3S/c1-3-30-19-12-20-17(11-15(19)23)26-22(31-20)27-8-6-13(7-9-27)21(28)25-16-10-14(24)4-5-18(16)29-2/h4-5,10-13H,3,6-9H2,1-2H3,(H,25,28). The molecule has 2 heterocycles. The van der Waals surface area contributed by atoms with Crippen LogP contribution >= 0.6 is 38.9 Å². The highest BCUT2D eigenvalue weighted by Crippen LogP contribution is 2.37. The zero-order valence-electron chi connectivity index (χ0n) is 17.3. The number of carbonyl (C=O) groups excluding carboxylic acids is 1. The van der Waals surface area contributed by atoms with E-state index in [1.54, 1.807) is 36.6 Å². The minimum atomic E-state index is -0.0620. The maximum atomic E-state index is 12.8. The first kappa shape index (κ1) is 22.2. The van der Waals surface area contributed by atoms with Gasteiger partial charge in [-0.2, -0.15) is 0 Å². The van der Waals surface area contributed by atoms with E-state index in [1.807, 2.05) is 19.1 Å². The second-order valence-electron chi connectivity index (χ2n) is 7.27. The van der Waals surface area contributed by atoms with Crippen LogP contribution in [0, 0.1) is 5.92 Å². The molecule has 1 amide bonds. The Bertz CT molecular complexity index is 1100. The van der Waals surface area contributed by atoms with Gasteiger partial charge in [-0.15, -0.1) is 0 Å². The van der Waals surface area contributed by atoms with Gasteiger partial charge in [-0.3, -0.25) is 4.79 Å². The summed E-state index contributed by atoms with van der Waals surface area (Å²) < 4.78 is 13.0. The van der Waals surface area contributed by atoms with Crippen molar-refractivity contribution in [2.45, 2.75) is 19.8 Å². The third-order valence-corrected chi connectivity index (χ3v) is 7.22. The lowest BCUT2D eigenvalue weighted by Gasteiger charge is -2.31. The first-order chi connectivity index (χ1) is 15.0. The topological polar surface area (TPSA) is 63.7 Å². The van der Waals surface area contributed by atoms with Gasteiger partial charge >= 0.3 is 0 Å². The van der Waals surface area contributed by atoms with Crippen LogP contribution in [0.25, 0.3) is 10.2 Å². The summed E-state index contributed by atoms with van der Waals surface area (Å²) in [5, 5.41) is 4.51. The Balaban J connectivity index is 1.41. The molecule has 0 radical (unpaired) electrons. The molecule has 4 rings (SSSR count). The smallest absolute Gasteiger partial charge is 0.227 e. The van der Waals surface area contributed by atoms with Crippen LogP contribution in [-0.4, -0.2) is 37.7 Å². The first-order valence-corrected chi connectivity index (χ1v) is 12.1. The molecule has 3 aromatic rings. The second kappa shape index (κ2) is 9.63. The van der Waals surface area contributed by atoms with Crippen molar-refractivity contribution in [3.63, 3.8) is 0 Å². The van der Waals surface area contributed by atoms with Crippen molar-refractivity contribution >= 4 is 65.8 Å². The number of hydrogen-bond donors (Lipinski definition) is 1. The molecule has 0 unspecified atom stereocenters. The number of nitrogens with one attached hydrogen (secondary N) is 1. The number of thiazole rings is 1. The molecule has 1 fully saturated rings. The highest BCUT2D eigenvalue weighted by molar-refractivity contribution is 9.10. The molecule has 9 heteroatoms. The molecule has 0 spiro atoms. The molecule has 6 nitrogen and oxygen atoms in total. The fourth-order valence-corrected chi connectivity index (χ4v) is 5.31. The molecule has 1 aliphatic heterocycles. The maximum absolute atomic E-state index is 12.8. The van der Waals surface area contributed by atoms with E-state index in [2.05, 4.69) is 26.1 Å². The number of anilines is 2. The Morgan fingerprint density at radius 3 is 2.77 bits per heavy atom. The Kier molecular flexibility index (Phi) is 6.89. The average molecular weight is 525 g/mol. The van der Waals surface area contributed by atoms with Gasteiger partial charge in [0.25, 0.3) is 0 Å². The van der Waals surface area contributed by atoms with E-state index in [0.717, 1.165) is 51.5 Å². The number of hydrogen-bond acceptors (Lipinski definition) is 6. The van der Waals surface area contributed by atoms with Crippen molar-refractivity contribution in [3.8, 4) is 11.5 Å². The molecule has 0 saturated carbocycles. The third-order valence-electron chi connectivity index (χ3n) is 5.29. The van der Waals surface area contributed by atoms with Gasteiger partial charge in [0.15, 0.2) is 5.13 Å². The molecular weight excluding hydrogens is 502 g/mol. The summed E-state index contributed by atoms with van der Waals surface area (Å²) in [4.78, 5) is 19.9. The Morgan fingerprint density at radius 1 is 1.29 bits per heavy atom. The predicted molar refractivity (Wildman–Crippen MR) is 130 cm³/mol. The molecule has 1 N–H and O–H groups in total. The summed E-state index contributed by atoms with van der Waals surface area (Å²) in [6.45, 7) is 4.15. The molecular formula is C22H23BrClN3O3S. The van der Waals surface area contributed by atoms with Crippen LogP contribution in [0.3, 0.4) is 0 Å². The molecule has 0 atom stereocenters. The molecule has 1 aliphatic rings. The number of methoxy groups -OCH3 is 1. The zero-order chi connectivity index (χ0) is 22.0. The van der Waals surface area contributed by atoms with Gasteiger partial charge in [-0.05, 0) is 60.0 Å². The van der Waals surface area contributed by atoms with E-state index in [9.17, 15) is 4.79 Å². The number of benzene rings is 2. The maximum Gasteiger partial charge on any atom is 0.227 e. The number of fused-ring (bicyclic) bond motifs is 1. The fourth-order valence-electron chi connectivity index (χ4n) is 3.66. The molecule has 2 aromatic carbocycles. The van der Waals surface area contributed by atoms with E-state index >= 15 is 0 Å². The van der Waals surface area contributed by atoms with Crippen molar-refractivity contribution in [2.24, 2.45) is 5.92 Å². The SMILES string of the molecule is CCOc1cc2sc(N3CCC(C(=O)Nc4cc(Cl)ccc4OC)CC3)nc2cc1Br. The summed E-state index contributed by atoms with van der Waals surface area (Å²) in [6.07, 6.45) is 1.52. The van der Waals surface area contributed by atoms with Gasteiger partial charge in [0.2, 0.25) is 5.91 Å². The highest BCUT2D eigenvalue weighted by Gasteiger charge is 2.27. The van der Waals surface area contributed by atoms with E-state index in [0.29, 0.717) is 23.1 Å². The Hall–Kier alpha value is -2.03. The zero-order valence-corrected chi connectivity index (χ0v) is 20.4. The van der Waals surface area contributed by atoms with Crippen molar-refractivity contribution in [1.29, 1.82) is 0 Å². The highest BCUT2D eigenvalue weighted by atomic mass is 79.9. The first-order valence-electron chi connectivity index (χ1n) is 10.1. The van der Waals surface area contributed by atoms with Crippen molar-refractivity contribution in [2.75, 3.05) is 37.0 Å². The summed E-state index contributed by atoms with van der Waals surface area (Å²) in [6, 6.07) is 9.23. The van der Waals surface area contributed by atoms with Crippen molar-refractivity contribution < 1.29 is 14.3 Å². The van der Waals surface area contributed by atoms with E-state index in [-0.39, 0.29) is 11.8 Å². The summed E-state index contributed by atoms with van der Waals surface area (Å²) in [5.41, 5.74) is 1.55. The van der Waals surface area contributed by atoms with Crippen LogP contribution < -0.4 is 19.7 Å². The number of rotatable bonds is 6. The summed E-state index contributed by atoms with van der Waals surface area (Å²) in [7, 11) is 1.57.